The largest absolute Gasteiger partial charge is 0.489 e. The van der Waals surface area contributed by atoms with Crippen molar-refractivity contribution in [2.45, 2.75) is 6.10 Å². The van der Waals surface area contributed by atoms with Gasteiger partial charge < -0.3 is 14.8 Å². The van der Waals surface area contributed by atoms with Crippen molar-refractivity contribution in [2.24, 2.45) is 0 Å². The summed E-state index contributed by atoms with van der Waals surface area (Å²) in [5.74, 6) is 0.694. The maximum atomic E-state index is 6.04. The first kappa shape index (κ1) is 12.2. The van der Waals surface area contributed by atoms with Gasteiger partial charge in [0.05, 0.1) is 11.6 Å². The van der Waals surface area contributed by atoms with Crippen LogP contribution in [0, 0.1) is 0 Å². The average Bonchev–Trinajstić information content (AvgIpc) is 2.29. The van der Waals surface area contributed by atoms with Gasteiger partial charge in [-0.2, -0.15) is 0 Å². The minimum Gasteiger partial charge on any atom is -0.489 e. The Hall–Kier alpha value is -0.290. The monoisotopic (exact) mass is 305 g/mol. The van der Waals surface area contributed by atoms with Gasteiger partial charge in [-0.1, -0.05) is 27.5 Å². The molecule has 1 atom stereocenters. The van der Waals surface area contributed by atoms with Gasteiger partial charge in [0.25, 0.3) is 0 Å². The molecule has 1 aromatic carbocycles. The highest BCUT2D eigenvalue weighted by atomic mass is 79.9. The van der Waals surface area contributed by atoms with E-state index in [-0.39, 0.29) is 6.10 Å². The molecule has 0 aromatic heterocycles. The van der Waals surface area contributed by atoms with Crippen molar-refractivity contribution in [1.82, 2.24) is 5.32 Å². The molecule has 1 N–H and O–H groups in total. The second-order valence-corrected chi connectivity index (χ2v) is 4.91. The van der Waals surface area contributed by atoms with E-state index in [1.165, 1.54) is 0 Å². The zero-order valence-corrected chi connectivity index (χ0v) is 11.1. The van der Waals surface area contributed by atoms with Gasteiger partial charge in [0.15, 0.2) is 0 Å². The molecule has 1 aromatic rings. The lowest BCUT2D eigenvalue weighted by Crippen LogP contribution is -2.41. The Morgan fingerprint density at radius 1 is 1.56 bits per heavy atom. The quantitative estimate of drug-likeness (QED) is 0.930. The smallest absolute Gasteiger partial charge is 0.138 e. The van der Waals surface area contributed by atoms with Gasteiger partial charge in [-0.05, 0) is 18.2 Å². The molecule has 0 aliphatic carbocycles. The predicted molar refractivity (Wildman–Crippen MR) is 67.3 cm³/mol. The summed E-state index contributed by atoms with van der Waals surface area (Å²) in [6.07, 6.45) is 0.105. The summed E-state index contributed by atoms with van der Waals surface area (Å²) in [5, 5.41) is 3.86. The van der Waals surface area contributed by atoms with Crippen LogP contribution in [0.5, 0.6) is 5.75 Å². The van der Waals surface area contributed by atoms with E-state index in [2.05, 4.69) is 21.2 Å². The topological polar surface area (TPSA) is 30.5 Å². The van der Waals surface area contributed by atoms with Crippen molar-refractivity contribution in [2.75, 3.05) is 26.3 Å². The van der Waals surface area contributed by atoms with Crippen molar-refractivity contribution < 1.29 is 9.47 Å². The summed E-state index contributed by atoms with van der Waals surface area (Å²) in [6, 6.07) is 5.57. The number of ether oxygens (including phenoxy) is 2. The van der Waals surface area contributed by atoms with Crippen LogP contribution in [0.2, 0.25) is 5.02 Å². The van der Waals surface area contributed by atoms with Crippen molar-refractivity contribution >= 4 is 27.5 Å². The summed E-state index contributed by atoms with van der Waals surface area (Å²) >= 11 is 9.39. The number of hydrogen-bond acceptors (Lipinski definition) is 3. The van der Waals surface area contributed by atoms with Crippen molar-refractivity contribution in [3.8, 4) is 5.75 Å². The molecule has 1 heterocycles. The Kier molecular flexibility index (Phi) is 4.46. The molecule has 1 aliphatic heterocycles. The molecule has 0 radical (unpaired) electrons. The molecule has 0 spiro atoms. The number of rotatable bonds is 3. The standard InChI is InChI=1S/C11H13BrClNO2/c12-8-1-2-11(10(13)5-8)16-7-9-6-14-3-4-15-9/h1-2,5,9,14H,3-4,6-7H2. The van der Waals surface area contributed by atoms with E-state index in [9.17, 15) is 0 Å². The van der Waals surface area contributed by atoms with E-state index in [1.54, 1.807) is 0 Å². The molecule has 1 unspecified atom stereocenters. The molecule has 3 nitrogen and oxygen atoms in total. The molecule has 0 saturated carbocycles. The summed E-state index contributed by atoms with van der Waals surface area (Å²) in [5.41, 5.74) is 0. The van der Waals surface area contributed by atoms with E-state index in [1.807, 2.05) is 18.2 Å². The molecular formula is C11H13BrClNO2. The van der Waals surface area contributed by atoms with Crippen molar-refractivity contribution in [3.05, 3.63) is 27.7 Å². The SMILES string of the molecule is Clc1cc(Br)ccc1OCC1CNCCO1. The van der Waals surface area contributed by atoms with Crippen LogP contribution in [-0.4, -0.2) is 32.4 Å². The first-order valence-electron chi connectivity index (χ1n) is 5.16. The van der Waals surface area contributed by atoms with E-state index in [0.29, 0.717) is 17.4 Å². The lowest BCUT2D eigenvalue weighted by Gasteiger charge is -2.23. The van der Waals surface area contributed by atoms with E-state index in [4.69, 9.17) is 21.1 Å². The minimum absolute atomic E-state index is 0.105. The van der Waals surface area contributed by atoms with Gasteiger partial charge in [0, 0.05) is 17.6 Å². The zero-order valence-electron chi connectivity index (χ0n) is 8.71. The Morgan fingerprint density at radius 3 is 3.12 bits per heavy atom. The summed E-state index contributed by atoms with van der Waals surface area (Å²) in [4.78, 5) is 0. The second-order valence-electron chi connectivity index (χ2n) is 3.58. The fourth-order valence-electron chi connectivity index (χ4n) is 1.50. The molecule has 16 heavy (non-hydrogen) atoms. The molecule has 1 saturated heterocycles. The normalized spacial score (nSPS) is 20.8. The molecule has 1 aliphatic rings. The third-order valence-corrected chi connectivity index (χ3v) is 3.11. The van der Waals surface area contributed by atoms with Gasteiger partial charge in [-0.3, -0.25) is 0 Å². The zero-order chi connectivity index (χ0) is 11.4. The maximum Gasteiger partial charge on any atom is 0.138 e. The van der Waals surface area contributed by atoms with Crippen LogP contribution in [0.3, 0.4) is 0 Å². The van der Waals surface area contributed by atoms with Crippen LogP contribution in [0.25, 0.3) is 0 Å². The van der Waals surface area contributed by atoms with Crippen LogP contribution in [0.15, 0.2) is 22.7 Å². The van der Waals surface area contributed by atoms with Gasteiger partial charge in [-0.25, -0.2) is 0 Å². The van der Waals surface area contributed by atoms with E-state index in [0.717, 1.165) is 24.2 Å². The lowest BCUT2D eigenvalue weighted by atomic mass is 10.3. The highest BCUT2D eigenvalue weighted by Gasteiger charge is 2.14. The van der Waals surface area contributed by atoms with Crippen LogP contribution < -0.4 is 10.1 Å². The van der Waals surface area contributed by atoms with Gasteiger partial charge in [-0.15, -0.1) is 0 Å². The molecule has 88 valence electrons. The number of nitrogens with one attached hydrogen (secondary N) is 1. The number of hydrogen-bond donors (Lipinski definition) is 1. The predicted octanol–water partition coefficient (Wildman–Crippen LogP) is 2.47. The summed E-state index contributed by atoms with van der Waals surface area (Å²) in [7, 11) is 0. The summed E-state index contributed by atoms with van der Waals surface area (Å²) < 4.78 is 12.1. The van der Waals surface area contributed by atoms with Gasteiger partial charge >= 0.3 is 0 Å². The number of benzene rings is 1. The maximum absolute atomic E-state index is 6.04. The highest BCUT2D eigenvalue weighted by molar-refractivity contribution is 9.10. The molecule has 2 rings (SSSR count). The van der Waals surface area contributed by atoms with Crippen molar-refractivity contribution in [3.63, 3.8) is 0 Å². The third kappa shape index (κ3) is 3.35. The van der Waals surface area contributed by atoms with Gasteiger partial charge in [0.1, 0.15) is 18.5 Å². The van der Waals surface area contributed by atoms with Crippen LogP contribution in [0.1, 0.15) is 0 Å². The van der Waals surface area contributed by atoms with Crippen LogP contribution in [-0.2, 0) is 4.74 Å². The number of morpholine rings is 1. The fourth-order valence-corrected chi connectivity index (χ4v) is 2.23. The Bertz CT molecular complexity index is 356. The highest BCUT2D eigenvalue weighted by Crippen LogP contribution is 2.27. The molecule has 0 amide bonds. The first-order valence-corrected chi connectivity index (χ1v) is 6.33. The Morgan fingerprint density at radius 2 is 2.44 bits per heavy atom. The van der Waals surface area contributed by atoms with Crippen LogP contribution in [0.4, 0.5) is 0 Å². The average molecular weight is 307 g/mol. The summed E-state index contributed by atoms with van der Waals surface area (Å²) in [6.45, 7) is 3.00. The third-order valence-electron chi connectivity index (χ3n) is 2.32. The molecule has 5 heteroatoms. The van der Waals surface area contributed by atoms with Crippen molar-refractivity contribution in [1.29, 1.82) is 0 Å². The first-order chi connectivity index (χ1) is 7.75. The Labute approximate surface area is 108 Å². The molecule has 0 bridgehead atoms. The minimum atomic E-state index is 0.105. The second kappa shape index (κ2) is 5.87. The number of halogens is 2. The van der Waals surface area contributed by atoms with E-state index >= 15 is 0 Å². The lowest BCUT2D eigenvalue weighted by molar-refractivity contribution is 0.000216. The Balaban J connectivity index is 1.88. The molecular weight excluding hydrogens is 293 g/mol. The molecule has 1 fully saturated rings. The van der Waals surface area contributed by atoms with E-state index < -0.39 is 0 Å². The van der Waals surface area contributed by atoms with Crippen LogP contribution >= 0.6 is 27.5 Å². The van der Waals surface area contributed by atoms with Gasteiger partial charge in [0.2, 0.25) is 0 Å². The fraction of sp³-hybridized carbons (Fsp3) is 0.455.